The Morgan fingerprint density at radius 2 is 1.72 bits per heavy atom. The van der Waals surface area contributed by atoms with Crippen molar-refractivity contribution in [1.29, 1.82) is 0 Å². The van der Waals surface area contributed by atoms with E-state index in [1.54, 1.807) is 54.1 Å². The molecule has 10 nitrogen and oxygen atoms in total. The van der Waals surface area contributed by atoms with Gasteiger partial charge in [0.15, 0.2) is 5.69 Å². The van der Waals surface area contributed by atoms with Crippen LogP contribution in [0.5, 0.6) is 5.88 Å². The normalized spacial score (nSPS) is 11.7. The van der Waals surface area contributed by atoms with Gasteiger partial charge in [0.1, 0.15) is 5.70 Å². The molecule has 0 radical (unpaired) electrons. The number of nitro groups is 1. The van der Waals surface area contributed by atoms with E-state index in [9.17, 15) is 24.8 Å². The average Bonchev–Trinajstić information content (AvgIpc) is 3.13. The van der Waals surface area contributed by atoms with Gasteiger partial charge in [0.2, 0.25) is 5.88 Å². The van der Waals surface area contributed by atoms with Crippen molar-refractivity contribution in [2.45, 2.75) is 6.92 Å². The summed E-state index contributed by atoms with van der Waals surface area (Å²) in [7, 11) is 1.67. The van der Waals surface area contributed by atoms with Gasteiger partial charge >= 0.3 is 5.91 Å². The van der Waals surface area contributed by atoms with Gasteiger partial charge in [0.05, 0.1) is 10.4 Å². The van der Waals surface area contributed by atoms with E-state index in [0.29, 0.717) is 16.5 Å². The van der Waals surface area contributed by atoms with Crippen molar-refractivity contribution in [3.63, 3.8) is 0 Å². The second-order valence-corrected chi connectivity index (χ2v) is 7.93. The van der Waals surface area contributed by atoms with Crippen LogP contribution in [-0.4, -0.2) is 26.4 Å². The number of carbonyl (C=O) groups excluding carboxylic acids is 2. The summed E-state index contributed by atoms with van der Waals surface area (Å²) in [5.74, 6) is -1.58. The maximum absolute atomic E-state index is 13.0. The molecule has 0 aliphatic heterocycles. The van der Waals surface area contributed by atoms with Gasteiger partial charge in [-0.05, 0) is 48.4 Å². The summed E-state index contributed by atoms with van der Waals surface area (Å²) in [6.45, 7) is 1.89. The summed E-state index contributed by atoms with van der Waals surface area (Å²) < 4.78 is 1.55. The van der Waals surface area contributed by atoms with E-state index >= 15 is 0 Å². The number of aromatic nitrogens is 1. The van der Waals surface area contributed by atoms with E-state index in [-0.39, 0.29) is 23.0 Å². The zero-order valence-corrected chi connectivity index (χ0v) is 19.4. The SMILES string of the molecule is Cc1cccc2c(N=NC(=O)/C(=C/c3ccc([N+](=O)[O-])cc3)NC(=O)c3ccccc3)c(O)n(C)c12. The largest absolute Gasteiger partial charge is 0.493 e. The molecule has 4 aromatic rings. The van der Waals surface area contributed by atoms with Crippen LogP contribution in [-0.2, 0) is 11.8 Å². The number of benzene rings is 3. The fraction of sp³-hybridized carbons (Fsp3) is 0.0769. The molecule has 4 rings (SSSR count). The number of aromatic hydroxyl groups is 1. The Kier molecular flexibility index (Phi) is 6.68. The number of nitrogens with one attached hydrogen (secondary N) is 1. The van der Waals surface area contributed by atoms with E-state index in [0.717, 1.165) is 11.1 Å². The third kappa shape index (κ3) is 4.87. The number of aryl methyl sites for hydroxylation is 2. The third-order valence-electron chi connectivity index (χ3n) is 5.53. The van der Waals surface area contributed by atoms with Gasteiger partial charge in [-0.25, -0.2) is 0 Å². The highest BCUT2D eigenvalue weighted by Crippen LogP contribution is 2.39. The van der Waals surface area contributed by atoms with Gasteiger partial charge in [-0.15, -0.1) is 10.2 Å². The monoisotopic (exact) mass is 483 g/mol. The molecule has 0 spiro atoms. The standard InChI is InChI=1S/C26H21N5O5/c1-16-7-6-10-20-22(26(34)30(2)23(16)20)28-29-25(33)21(27-24(32)18-8-4-3-5-9-18)15-17-11-13-19(14-12-17)31(35)36/h3-15,34H,1-2H3,(H,27,32)/b21-15-,29-28?. The molecule has 2 N–H and O–H groups in total. The second-order valence-electron chi connectivity index (χ2n) is 7.93. The van der Waals surface area contributed by atoms with E-state index in [1.807, 2.05) is 13.0 Å². The zero-order valence-electron chi connectivity index (χ0n) is 19.4. The quantitative estimate of drug-likeness (QED) is 0.168. The first-order valence-corrected chi connectivity index (χ1v) is 10.8. The van der Waals surface area contributed by atoms with Crippen LogP contribution in [0.4, 0.5) is 11.4 Å². The third-order valence-corrected chi connectivity index (χ3v) is 5.53. The Morgan fingerprint density at radius 3 is 2.39 bits per heavy atom. The topological polar surface area (TPSA) is 139 Å². The maximum Gasteiger partial charge on any atom is 0.311 e. The molecule has 0 aliphatic carbocycles. The van der Waals surface area contributed by atoms with Crippen LogP contribution in [0.15, 0.2) is 88.7 Å². The molecule has 0 saturated heterocycles. The summed E-state index contributed by atoms with van der Waals surface area (Å²) in [5.41, 5.74) is 2.21. The first kappa shape index (κ1) is 24.0. The van der Waals surface area contributed by atoms with Crippen LogP contribution in [0, 0.1) is 17.0 Å². The van der Waals surface area contributed by atoms with Crippen molar-refractivity contribution in [1.82, 2.24) is 9.88 Å². The Morgan fingerprint density at radius 1 is 1.03 bits per heavy atom. The van der Waals surface area contributed by atoms with Crippen molar-refractivity contribution in [2.75, 3.05) is 0 Å². The molecule has 3 aromatic carbocycles. The second kappa shape index (κ2) is 10.0. The highest BCUT2D eigenvalue weighted by atomic mass is 16.6. The molecule has 0 atom stereocenters. The molecular formula is C26H21N5O5. The molecule has 2 amide bonds. The first-order chi connectivity index (χ1) is 17.3. The molecule has 0 bridgehead atoms. The number of fused-ring (bicyclic) bond motifs is 1. The highest BCUT2D eigenvalue weighted by Gasteiger charge is 2.18. The number of nitro benzene ring substituents is 1. The van der Waals surface area contributed by atoms with Crippen LogP contribution >= 0.6 is 0 Å². The van der Waals surface area contributed by atoms with Crippen molar-refractivity contribution < 1.29 is 19.6 Å². The number of nitrogens with zero attached hydrogens (tertiary/aromatic N) is 4. The lowest BCUT2D eigenvalue weighted by molar-refractivity contribution is -0.384. The maximum atomic E-state index is 13.0. The Labute approximate surface area is 205 Å². The fourth-order valence-electron chi connectivity index (χ4n) is 3.72. The van der Waals surface area contributed by atoms with Crippen molar-refractivity contribution >= 4 is 40.2 Å². The Bertz CT molecular complexity index is 1540. The minimum absolute atomic E-state index is 0.116. The van der Waals surface area contributed by atoms with E-state index in [2.05, 4.69) is 15.5 Å². The minimum Gasteiger partial charge on any atom is -0.493 e. The van der Waals surface area contributed by atoms with Gasteiger partial charge < -0.3 is 15.0 Å². The smallest absolute Gasteiger partial charge is 0.311 e. The lowest BCUT2D eigenvalue weighted by atomic mass is 10.1. The molecule has 180 valence electrons. The molecule has 0 saturated carbocycles. The predicted octanol–water partition coefficient (Wildman–Crippen LogP) is 5.18. The van der Waals surface area contributed by atoms with Crippen molar-refractivity contribution in [2.24, 2.45) is 17.3 Å². The summed E-state index contributed by atoms with van der Waals surface area (Å²) in [4.78, 5) is 36.2. The summed E-state index contributed by atoms with van der Waals surface area (Å²) in [5, 5.41) is 32.4. The first-order valence-electron chi connectivity index (χ1n) is 10.8. The van der Waals surface area contributed by atoms with Crippen LogP contribution in [0.2, 0.25) is 0 Å². The molecule has 0 aliphatic rings. The lowest BCUT2D eigenvalue weighted by Gasteiger charge is -2.07. The number of amides is 2. The number of para-hydroxylation sites is 1. The number of hydrogen-bond acceptors (Lipinski definition) is 6. The van der Waals surface area contributed by atoms with Crippen molar-refractivity contribution in [3.8, 4) is 5.88 Å². The van der Waals surface area contributed by atoms with Gasteiger partial charge in [0.25, 0.3) is 11.6 Å². The van der Waals surface area contributed by atoms with Crippen LogP contribution in [0.25, 0.3) is 17.0 Å². The van der Waals surface area contributed by atoms with Gasteiger partial charge in [-0.1, -0.05) is 36.4 Å². The van der Waals surface area contributed by atoms with Crippen LogP contribution in [0.3, 0.4) is 0 Å². The van der Waals surface area contributed by atoms with Gasteiger partial charge in [0, 0.05) is 30.1 Å². The number of hydrogen-bond donors (Lipinski definition) is 2. The van der Waals surface area contributed by atoms with Crippen LogP contribution < -0.4 is 5.32 Å². The minimum atomic E-state index is -0.873. The molecule has 1 aromatic heterocycles. The molecule has 0 unspecified atom stereocenters. The number of non-ortho nitro benzene ring substituents is 1. The number of azo groups is 1. The van der Waals surface area contributed by atoms with Gasteiger partial charge in [-0.2, -0.15) is 0 Å². The lowest BCUT2D eigenvalue weighted by Crippen LogP contribution is -2.26. The van der Waals surface area contributed by atoms with E-state index in [1.165, 1.54) is 30.3 Å². The predicted molar refractivity (Wildman–Crippen MR) is 134 cm³/mol. The molecule has 36 heavy (non-hydrogen) atoms. The fourth-order valence-corrected chi connectivity index (χ4v) is 3.72. The summed E-state index contributed by atoms with van der Waals surface area (Å²) in [6, 6.07) is 19.2. The zero-order chi connectivity index (χ0) is 25.8. The molecule has 10 heteroatoms. The van der Waals surface area contributed by atoms with Crippen LogP contribution in [0.1, 0.15) is 21.5 Å². The highest BCUT2D eigenvalue weighted by molar-refractivity contribution is 6.06. The van der Waals surface area contributed by atoms with Gasteiger partial charge in [-0.3, -0.25) is 19.7 Å². The molecule has 0 fully saturated rings. The van der Waals surface area contributed by atoms with E-state index in [4.69, 9.17) is 0 Å². The number of carbonyl (C=O) groups is 2. The average molecular weight is 483 g/mol. The van der Waals surface area contributed by atoms with E-state index < -0.39 is 16.7 Å². The Balaban J connectivity index is 1.70. The molecule has 1 heterocycles. The summed E-state index contributed by atoms with van der Waals surface area (Å²) >= 11 is 0. The summed E-state index contributed by atoms with van der Waals surface area (Å²) in [6.07, 6.45) is 1.35. The molecular weight excluding hydrogens is 462 g/mol. The van der Waals surface area contributed by atoms with Crippen molar-refractivity contribution in [3.05, 3.63) is 105 Å². The Hall–Kier alpha value is -5.12. The number of rotatable bonds is 6.